The summed E-state index contributed by atoms with van der Waals surface area (Å²) in [6, 6.07) is 14.0. The van der Waals surface area contributed by atoms with Crippen LogP contribution in [0.3, 0.4) is 0 Å². The predicted molar refractivity (Wildman–Crippen MR) is 116 cm³/mol. The second-order valence-electron chi connectivity index (χ2n) is 8.83. The summed E-state index contributed by atoms with van der Waals surface area (Å²) in [5.74, 6) is -0.141. The van der Waals surface area contributed by atoms with Gasteiger partial charge in [-0.3, -0.25) is 4.79 Å². The van der Waals surface area contributed by atoms with Crippen LogP contribution in [0.5, 0.6) is 5.88 Å². The summed E-state index contributed by atoms with van der Waals surface area (Å²) in [4.78, 5) is 17.1. The Morgan fingerprint density at radius 2 is 2.00 bits per heavy atom. The van der Waals surface area contributed by atoms with Gasteiger partial charge in [-0.1, -0.05) is 30.3 Å². The van der Waals surface area contributed by atoms with Gasteiger partial charge in [0.05, 0.1) is 19.2 Å². The predicted octanol–water partition coefficient (Wildman–Crippen LogP) is 3.30. The van der Waals surface area contributed by atoms with E-state index in [0.717, 1.165) is 38.9 Å². The van der Waals surface area contributed by atoms with Crippen molar-refractivity contribution in [2.45, 2.75) is 37.6 Å². The normalized spacial score (nSPS) is 22.7. The maximum atomic E-state index is 13.1. The highest BCUT2D eigenvalue weighted by molar-refractivity contribution is 5.66. The quantitative estimate of drug-likeness (QED) is 0.606. The van der Waals surface area contributed by atoms with E-state index in [1.807, 2.05) is 6.07 Å². The van der Waals surface area contributed by atoms with Gasteiger partial charge in [0.15, 0.2) is 0 Å². The van der Waals surface area contributed by atoms with Crippen LogP contribution in [-0.2, 0) is 4.79 Å². The number of hydrogen-bond acceptors (Lipinski definition) is 5. The molecule has 1 aromatic heterocycles. The molecule has 2 aliphatic rings. The van der Waals surface area contributed by atoms with E-state index in [9.17, 15) is 9.18 Å². The Kier molecular flexibility index (Phi) is 6.83. The summed E-state index contributed by atoms with van der Waals surface area (Å²) < 4.78 is 19.1. The van der Waals surface area contributed by atoms with Crippen LogP contribution >= 0.6 is 0 Å². The molecular weight excluding hydrogens is 397 g/mol. The van der Waals surface area contributed by atoms with Crippen LogP contribution in [-0.4, -0.2) is 59.8 Å². The van der Waals surface area contributed by atoms with Gasteiger partial charge >= 0.3 is 5.97 Å². The first-order valence-corrected chi connectivity index (χ1v) is 11.0. The summed E-state index contributed by atoms with van der Waals surface area (Å²) in [5.41, 5.74) is 1.32. The van der Waals surface area contributed by atoms with Crippen LogP contribution < -0.4 is 10.1 Å². The first-order valence-electron chi connectivity index (χ1n) is 11.0. The Labute approximate surface area is 182 Å². The fourth-order valence-corrected chi connectivity index (χ4v) is 4.39. The van der Waals surface area contributed by atoms with Crippen molar-refractivity contribution in [3.63, 3.8) is 0 Å². The van der Waals surface area contributed by atoms with Crippen LogP contribution in [0.25, 0.3) is 0 Å². The molecule has 7 heteroatoms. The van der Waals surface area contributed by atoms with Crippen molar-refractivity contribution < 1.29 is 19.0 Å². The molecule has 2 N–H and O–H groups in total. The lowest BCUT2D eigenvalue weighted by atomic mass is 9.78. The van der Waals surface area contributed by atoms with Gasteiger partial charge in [0.25, 0.3) is 0 Å². The molecule has 0 bridgehead atoms. The standard InChI is InChI=1S/C24H30FN3O3/c25-19-6-7-22(26-15-19)31-17-24(9-12-28(13-10-24)11-8-23(29)30)16-27-21-14-20(21)18-4-2-1-3-5-18/h1-7,15,20-21,27H,8-14,16-17H2,(H,29,30). The summed E-state index contributed by atoms with van der Waals surface area (Å²) in [6.07, 6.45) is 4.32. The lowest BCUT2D eigenvalue weighted by Crippen LogP contribution is -2.49. The van der Waals surface area contributed by atoms with Crippen molar-refractivity contribution in [1.82, 2.24) is 15.2 Å². The number of piperidine rings is 1. The molecule has 0 spiro atoms. The summed E-state index contributed by atoms with van der Waals surface area (Å²) >= 11 is 0. The molecule has 166 valence electrons. The fourth-order valence-electron chi connectivity index (χ4n) is 4.39. The molecule has 2 unspecified atom stereocenters. The van der Waals surface area contributed by atoms with Gasteiger partial charge in [0.2, 0.25) is 5.88 Å². The number of pyridine rings is 1. The Hall–Kier alpha value is -2.51. The Morgan fingerprint density at radius 3 is 2.68 bits per heavy atom. The van der Waals surface area contributed by atoms with E-state index in [2.05, 4.69) is 39.5 Å². The van der Waals surface area contributed by atoms with Crippen LogP contribution in [0.15, 0.2) is 48.7 Å². The van der Waals surface area contributed by atoms with E-state index >= 15 is 0 Å². The molecule has 2 fully saturated rings. The maximum absolute atomic E-state index is 13.1. The number of aliphatic carboxylic acids is 1. The minimum absolute atomic E-state index is 0.0559. The SMILES string of the molecule is O=C(O)CCN1CCC(CNC2CC2c2ccccc2)(COc2ccc(F)cn2)CC1. The van der Waals surface area contributed by atoms with Gasteiger partial charge in [-0.05, 0) is 44.0 Å². The highest BCUT2D eigenvalue weighted by atomic mass is 19.1. The Bertz CT molecular complexity index is 854. The molecule has 1 aromatic carbocycles. The van der Waals surface area contributed by atoms with Crippen LogP contribution in [0, 0.1) is 11.2 Å². The molecule has 4 rings (SSSR count). The number of rotatable bonds is 10. The molecule has 0 radical (unpaired) electrons. The third kappa shape index (κ3) is 6.02. The summed E-state index contributed by atoms with van der Waals surface area (Å²) in [5, 5.41) is 12.7. The van der Waals surface area contributed by atoms with E-state index in [1.54, 1.807) is 6.07 Å². The zero-order chi connectivity index (χ0) is 21.7. The average molecular weight is 428 g/mol. The topological polar surface area (TPSA) is 74.7 Å². The molecule has 0 amide bonds. The Balaban J connectivity index is 1.34. The van der Waals surface area contributed by atoms with Gasteiger partial charge in [-0.15, -0.1) is 0 Å². The number of carboxylic acid groups (broad SMARTS) is 1. The zero-order valence-electron chi connectivity index (χ0n) is 17.7. The number of benzene rings is 1. The van der Waals surface area contributed by atoms with Crippen molar-refractivity contribution in [3.8, 4) is 5.88 Å². The van der Waals surface area contributed by atoms with Crippen molar-refractivity contribution in [3.05, 3.63) is 60.0 Å². The van der Waals surface area contributed by atoms with Crippen LogP contribution in [0.2, 0.25) is 0 Å². The molecule has 6 nitrogen and oxygen atoms in total. The number of ether oxygens (including phenoxy) is 1. The molecule has 2 heterocycles. The summed E-state index contributed by atoms with van der Waals surface area (Å²) in [7, 11) is 0. The number of nitrogens with one attached hydrogen (secondary N) is 1. The van der Waals surface area contributed by atoms with E-state index in [4.69, 9.17) is 9.84 Å². The number of carboxylic acids is 1. The smallest absolute Gasteiger partial charge is 0.304 e. The van der Waals surface area contributed by atoms with E-state index < -0.39 is 5.97 Å². The van der Waals surface area contributed by atoms with E-state index in [0.29, 0.717) is 31.0 Å². The maximum Gasteiger partial charge on any atom is 0.304 e. The second kappa shape index (κ2) is 9.75. The molecule has 1 aliphatic heterocycles. The third-order valence-corrected chi connectivity index (χ3v) is 6.54. The Morgan fingerprint density at radius 1 is 1.23 bits per heavy atom. The number of likely N-dealkylation sites (tertiary alicyclic amines) is 1. The van der Waals surface area contributed by atoms with Gasteiger partial charge in [0, 0.05) is 36.5 Å². The minimum atomic E-state index is -0.759. The van der Waals surface area contributed by atoms with Crippen molar-refractivity contribution in [1.29, 1.82) is 0 Å². The number of halogens is 1. The molecule has 1 aliphatic carbocycles. The molecule has 2 aromatic rings. The third-order valence-electron chi connectivity index (χ3n) is 6.54. The zero-order valence-corrected chi connectivity index (χ0v) is 17.7. The van der Waals surface area contributed by atoms with Crippen LogP contribution in [0.4, 0.5) is 4.39 Å². The van der Waals surface area contributed by atoms with Gasteiger partial charge in [-0.2, -0.15) is 0 Å². The number of nitrogens with zero attached hydrogens (tertiary/aromatic N) is 2. The summed E-state index contributed by atoms with van der Waals surface area (Å²) in [6.45, 7) is 3.63. The number of carbonyl (C=O) groups is 1. The van der Waals surface area contributed by atoms with Crippen LogP contribution in [0.1, 0.15) is 37.2 Å². The minimum Gasteiger partial charge on any atom is -0.481 e. The lowest BCUT2D eigenvalue weighted by molar-refractivity contribution is -0.137. The highest BCUT2D eigenvalue weighted by Crippen LogP contribution is 2.42. The van der Waals surface area contributed by atoms with Crippen molar-refractivity contribution in [2.24, 2.45) is 5.41 Å². The van der Waals surface area contributed by atoms with E-state index in [-0.39, 0.29) is 17.7 Å². The molecule has 2 atom stereocenters. The van der Waals surface area contributed by atoms with Gasteiger partial charge in [0.1, 0.15) is 5.82 Å². The number of aromatic nitrogens is 1. The fraction of sp³-hybridized carbons (Fsp3) is 0.500. The van der Waals surface area contributed by atoms with Crippen molar-refractivity contribution >= 4 is 5.97 Å². The lowest BCUT2D eigenvalue weighted by Gasteiger charge is -2.41. The highest BCUT2D eigenvalue weighted by Gasteiger charge is 2.41. The largest absolute Gasteiger partial charge is 0.481 e. The first kappa shape index (κ1) is 21.7. The second-order valence-corrected chi connectivity index (χ2v) is 8.83. The molecular formula is C24H30FN3O3. The average Bonchev–Trinajstić information content (AvgIpc) is 3.57. The van der Waals surface area contributed by atoms with Crippen molar-refractivity contribution in [2.75, 3.05) is 32.8 Å². The first-order chi connectivity index (χ1) is 15.0. The molecule has 31 heavy (non-hydrogen) atoms. The molecule has 1 saturated heterocycles. The molecule has 1 saturated carbocycles. The monoisotopic (exact) mass is 427 g/mol. The van der Waals surface area contributed by atoms with Gasteiger partial charge < -0.3 is 20.1 Å². The van der Waals surface area contributed by atoms with Gasteiger partial charge in [-0.25, -0.2) is 9.37 Å². The van der Waals surface area contributed by atoms with E-state index in [1.165, 1.54) is 17.8 Å². The number of hydrogen-bond donors (Lipinski definition) is 2.